The van der Waals surface area contributed by atoms with Crippen molar-refractivity contribution in [1.29, 1.82) is 0 Å². The Kier molecular flexibility index (Phi) is 8.93. The van der Waals surface area contributed by atoms with E-state index < -0.39 is 17.8 Å². The van der Waals surface area contributed by atoms with Gasteiger partial charge in [-0.25, -0.2) is 10.2 Å². The molecule has 0 bridgehead atoms. The van der Waals surface area contributed by atoms with Crippen LogP contribution in [-0.2, 0) is 4.79 Å². The molecule has 11 nitrogen and oxygen atoms in total. The van der Waals surface area contributed by atoms with Crippen molar-refractivity contribution in [2.45, 2.75) is 0 Å². The first-order valence-corrected chi connectivity index (χ1v) is 10.6. The van der Waals surface area contributed by atoms with Gasteiger partial charge in [0.25, 0.3) is 11.8 Å². The van der Waals surface area contributed by atoms with Crippen LogP contribution in [0.4, 0.5) is 0 Å². The number of benzene rings is 2. The summed E-state index contributed by atoms with van der Waals surface area (Å²) in [5.41, 5.74) is 3.58. The fraction of sp³-hybridized carbons (Fsp3) is 0.160. The molecule has 36 heavy (non-hydrogen) atoms. The number of hydrogen-bond acceptors (Lipinski definition) is 9. The molecular formula is C25H24N4O7. The van der Waals surface area contributed by atoms with Crippen LogP contribution >= 0.6 is 0 Å². The molecule has 3 aromatic rings. The smallest absolute Gasteiger partial charge is 0.343 e. The molecule has 0 radical (unpaired) electrons. The third-order valence-corrected chi connectivity index (χ3v) is 4.75. The average Bonchev–Trinajstić information content (AvgIpc) is 2.92. The number of pyridine rings is 1. The van der Waals surface area contributed by atoms with Gasteiger partial charge >= 0.3 is 5.97 Å². The van der Waals surface area contributed by atoms with E-state index in [0.717, 1.165) is 0 Å². The van der Waals surface area contributed by atoms with Gasteiger partial charge in [-0.05, 0) is 54.1 Å². The maximum atomic E-state index is 12.6. The summed E-state index contributed by atoms with van der Waals surface area (Å²) < 4.78 is 21.2. The fourth-order valence-electron chi connectivity index (χ4n) is 2.97. The standard InChI is InChI=1S/C25H24N4O7/c1-33-20-12-18(13-21(34-2)23(20)35-3)25(32)36-19-6-4-16(5-7-19)14-28-29-22(30)15-27-24(31)17-8-10-26-11-9-17/h4-14H,15H2,1-3H3,(H,27,31)(H,29,30). The maximum Gasteiger partial charge on any atom is 0.343 e. The zero-order valence-corrected chi connectivity index (χ0v) is 19.8. The summed E-state index contributed by atoms with van der Waals surface area (Å²) >= 11 is 0. The second-order valence-electron chi connectivity index (χ2n) is 7.08. The largest absolute Gasteiger partial charge is 0.493 e. The Labute approximate surface area is 207 Å². The Morgan fingerprint density at radius 3 is 2.11 bits per heavy atom. The number of ether oxygens (including phenoxy) is 4. The van der Waals surface area contributed by atoms with Crippen molar-refractivity contribution in [2.75, 3.05) is 27.9 Å². The van der Waals surface area contributed by atoms with Gasteiger partial charge in [-0.3, -0.25) is 14.6 Å². The van der Waals surface area contributed by atoms with Crippen molar-refractivity contribution in [3.05, 3.63) is 77.6 Å². The second-order valence-corrected chi connectivity index (χ2v) is 7.08. The highest BCUT2D eigenvalue weighted by atomic mass is 16.5. The summed E-state index contributed by atoms with van der Waals surface area (Å²) in [5.74, 6) is -0.185. The monoisotopic (exact) mass is 492 g/mol. The number of carbonyl (C=O) groups is 3. The lowest BCUT2D eigenvalue weighted by molar-refractivity contribution is -0.120. The number of nitrogens with zero attached hydrogens (tertiary/aromatic N) is 2. The highest BCUT2D eigenvalue weighted by molar-refractivity contribution is 5.96. The topological polar surface area (TPSA) is 137 Å². The lowest BCUT2D eigenvalue weighted by Gasteiger charge is -2.13. The Morgan fingerprint density at radius 2 is 1.53 bits per heavy atom. The van der Waals surface area contributed by atoms with Gasteiger partial charge in [0.15, 0.2) is 11.5 Å². The third-order valence-electron chi connectivity index (χ3n) is 4.75. The van der Waals surface area contributed by atoms with Gasteiger partial charge in [-0.15, -0.1) is 0 Å². The van der Waals surface area contributed by atoms with Crippen LogP contribution in [0.15, 0.2) is 66.0 Å². The highest BCUT2D eigenvalue weighted by Gasteiger charge is 2.18. The normalized spacial score (nSPS) is 10.4. The van der Waals surface area contributed by atoms with Crippen LogP contribution in [0.1, 0.15) is 26.3 Å². The Morgan fingerprint density at radius 1 is 0.889 bits per heavy atom. The van der Waals surface area contributed by atoms with E-state index in [4.69, 9.17) is 18.9 Å². The van der Waals surface area contributed by atoms with Crippen LogP contribution in [0.25, 0.3) is 0 Å². The molecule has 3 rings (SSSR count). The number of amides is 2. The van der Waals surface area contributed by atoms with Crippen LogP contribution in [0.3, 0.4) is 0 Å². The summed E-state index contributed by atoms with van der Waals surface area (Å²) in [4.78, 5) is 40.2. The van der Waals surface area contributed by atoms with Gasteiger partial charge in [0, 0.05) is 18.0 Å². The van der Waals surface area contributed by atoms with Crippen molar-refractivity contribution in [2.24, 2.45) is 5.10 Å². The fourth-order valence-corrected chi connectivity index (χ4v) is 2.97. The zero-order valence-electron chi connectivity index (χ0n) is 19.8. The van der Waals surface area contributed by atoms with Gasteiger partial charge in [0.1, 0.15) is 5.75 Å². The van der Waals surface area contributed by atoms with E-state index in [2.05, 4.69) is 20.8 Å². The lowest BCUT2D eigenvalue weighted by atomic mass is 10.2. The maximum absolute atomic E-state index is 12.6. The number of carbonyl (C=O) groups excluding carboxylic acids is 3. The van der Waals surface area contributed by atoms with Crippen molar-refractivity contribution in [3.8, 4) is 23.0 Å². The molecule has 2 N–H and O–H groups in total. The molecule has 0 fully saturated rings. The predicted molar refractivity (Wildman–Crippen MR) is 130 cm³/mol. The minimum Gasteiger partial charge on any atom is -0.493 e. The minimum absolute atomic E-state index is 0.217. The van der Waals surface area contributed by atoms with Gasteiger partial charge in [-0.1, -0.05) is 0 Å². The molecule has 1 heterocycles. The molecule has 0 spiro atoms. The van der Waals surface area contributed by atoms with Crippen LogP contribution < -0.4 is 29.7 Å². The van der Waals surface area contributed by atoms with Crippen molar-refractivity contribution < 1.29 is 33.3 Å². The lowest BCUT2D eigenvalue weighted by Crippen LogP contribution is -2.34. The van der Waals surface area contributed by atoms with E-state index in [1.54, 1.807) is 24.3 Å². The first-order chi connectivity index (χ1) is 17.4. The van der Waals surface area contributed by atoms with Crippen molar-refractivity contribution >= 4 is 24.0 Å². The molecule has 0 saturated heterocycles. The van der Waals surface area contributed by atoms with Gasteiger partial charge in [0.2, 0.25) is 5.75 Å². The molecule has 11 heteroatoms. The molecule has 2 amide bonds. The summed E-state index contributed by atoms with van der Waals surface area (Å²) in [6, 6.07) is 12.5. The van der Waals surface area contributed by atoms with Gasteiger partial charge in [0.05, 0.1) is 39.7 Å². The molecule has 0 atom stereocenters. The van der Waals surface area contributed by atoms with E-state index >= 15 is 0 Å². The Hall–Kier alpha value is -4.93. The molecular weight excluding hydrogens is 468 g/mol. The summed E-state index contributed by atoms with van der Waals surface area (Å²) in [6.45, 7) is -0.242. The number of nitrogens with one attached hydrogen (secondary N) is 2. The molecule has 0 saturated carbocycles. The van der Waals surface area contributed by atoms with Gasteiger partial charge in [-0.2, -0.15) is 5.10 Å². The van der Waals surface area contributed by atoms with E-state index in [0.29, 0.717) is 34.1 Å². The Bertz CT molecular complexity index is 1220. The SMILES string of the molecule is COc1cc(C(=O)Oc2ccc(C=NNC(=O)CNC(=O)c3ccncc3)cc2)cc(OC)c1OC. The first-order valence-electron chi connectivity index (χ1n) is 10.6. The van der Waals surface area contributed by atoms with E-state index in [-0.39, 0.29) is 12.1 Å². The number of esters is 1. The number of methoxy groups -OCH3 is 3. The molecule has 2 aromatic carbocycles. The summed E-state index contributed by atoms with van der Waals surface area (Å²) in [5, 5.41) is 6.34. The molecule has 0 aliphatic carbocycles. The van der Waals surface area contributed by atoms with E-state index in [9.17, 15) is 14.4 Å². The first kappa shape index (κ1) is 25.7. The molecule has 186 valence electrons. The van der Waals surface area contributed by atoms with E-state index in [1.165, 1.54) is 64.2 Å². The number of hydrazone groups is 1. The molecule has 0 aliphatic heterocycles. The molecule has 1 aromatic heterocycles. The molecule has 0 unspecified atom stereocenters. The number of hydrogen-bond donors (Lipinski definition) is 2. The summed E-state index contributed by atoms with van der Waals surface area (Å²) in [7, 11) is 4.37. The quantitative estimate of drug-likeness (QED) is 0.190. The average molecular weight is 492 g/mol. The van der Waals surface area contributed by atoms with Crippen LogP contribution in [0.2, 0.25) is 0 Å². The van der Waals surface area contributed by atoms with Crippen LogP contribution in [0, 0.1) is 0 Å². The minimum atomic E-state index is -0.614. The number of aromatic nitrogens is 1. The molecule has 0 aliphatic rings. The highest BCUT2D eigenvalue weighted by Crippen LogP contribution is 2.38. The summed E-state index contributed by atoms with van der Waals surface area (Å²) in [6.07, 6.45) is 4.38. The third kappa shape index (κ3) is 6.79. The van der Waals surface area contributed by atoms with Crippen LogP contribution in [-0.4, -0.2) is 56.9 Å². The van der Waals surface area contributed by atoms with Crippen molar-refractivity contribution in [3.63, 3.8) is 0 Å². The predicted octanol–water partition coefficient (Wildman–Crippen LogP) is 2.21. The van der Waals surface area contributed by atoms with E-state index in [1.807, 2.05) is 0 Å². The van der Waals surface area contributed by atoms with Crippen molar-refractivity contribution in [1.82, 2.24) is 15.7 Å². The number of rotatable bonds is 10. The zero-order chi connectivity index (χ0) is 25.9. The van der Waals surface area contributed by atoms with Gasteiger partial charge < -0.3 is 24.3 Å². The second kappa shape index (κ2) is 12.5. The van der Waals surface area contributed by atoms with Crippen LogP contribution in [0.5, 0.6) is 23.0 Å². The Balaban J connectivity index is 1.52.